The molecule has 3 rings (SSSR count). The monoisotopic (exact) mass is 212 g/mol. The number of hydrogen-bond acceptors (Lipinski definition) is 0. The summed E-state index contributed by atoms with van der Waals surface area (Å²) >= 11 is 0. The van der Waals surface area contributed by atoms with E-state index in [2.05, 4.69) is 6.07 Å². The summed E-state index contributed by atoms with van der Waals surface area (Å²) in [5.74, 6) is -0.122. The SMILES string of the molecule is Fc1ccccc1-c1cccc2c1CCC2. The number of halogens is 1. The Morgan fingerprint density at radius 3 is 2.50 bits per heavy atom. The molecule has 0 fully saturated rings. The summed E-state index contributed by atoms with van der Waals surface area (Å²) < 4.78 is 13.7. The van der Waals surface area contributed by atoms with E-state index in [0.717, 1.165) is 24.0 Å². The summed E-state index contributed by atoms with van der Waals surface area (Å²) in [7, 11) is 0. The summed E-state index contributed by atoms with van der Waals surface area (Å²) in [5, 5.41) is 0. The van der Waals surface area contributed by atoms with Crippen molar-refractivity contribution < 1.29 is 4.39 Å². The minimum Gasteiger partial charge on any atom is -0.206 e. The Morgan fingerprint density at radius 1 is 0.812 bits per heavy atom. The van der Waals surface area contributed by atoms with Crippen molar-refractivity contribution in [3.8, 4) is 11.1 Å². The van der Waals surface area contributed by atoms with Crippen LogP contribution in [0.25, 0.3) is 11.1 Å². The van der Waals surface area contributed by atoms with E-state index in [9.17, 15) is 4.39 Å². The second-order valence-electron chi connectivity index (χ2n) is 4.28. The highest BCUT2D eigenvalue weighted by Crippen LogP contribution is 2.33. The van der Waals surface area contributed by atoms with Crippen molar-refractivity contribution in [1.29, 1.82) is 0 Å². The number of aryl methyl sites for hydroxylation is 1. The van der Waals surface area contributed by atoms with Gasteiger partial charge in [-0.1, -0.05) is 36.4 Å². The van der Waals surface area contributed by atoms with Crippen LogP contribution < -0.4 is 0 Å². The highest BCUT2D eigenvalue weighted by molar-refractivity contribution is 5.70. The van der Waals surface area contributed by atoms with Gasteiger partial charge in [-0.3, -0.25) is 0 Å². The van der Waals surface area contributed by atoms with E-state index in [1.54, 1.807) is 6.07 Å². The maximum Gasteiger partial charge on any atom is 0.131 e. The molecule has 0 saturated carbocycles. The maximum atomic E-state index is 13.7. The first-order chi connectivity index (χ1) is 7.86. The number of fused-ring (bicyclic) bond motifs is 1. The zero-order chi connectivity index (χ0) is 11.0. The van der Waals surface area contributed by atoms with E-state index < -0.39 is 0 Å². The topological polar surface area (TPSA) is 0 Å². The van der Waals surface area contributed by atoms with E-state index in [1.165, 1.54) is 23.6 Å². The molecule has 16 heavy (non-hydrogen) atoms. The van der Waals surface area contributed by atoms with Gasteiger partial charge in [0.15, 0.2) is 0 Å². The average molecular weight is 212 g/mol. The first-order valence-electron chi connectivity index (χ1n) is 5.72. The van der Waals surface area contributed by atoms with E-state index in [-0.39, 0.29) is 5.82 Å². The molecule has 0 nitrogen and oxygen atoms in total. The summed E-state index contributed by atoms with van der Waals surface area (Å²) in [4.78, 5) is 0. The molecule has 2 aromatic carbocycles. The molecular formula is C15H13F. The zero-order valence-corrected chi connectivity index (χ0v) is 9.04. The summed E-state index contributed by atoms with van der Waals surface area (Å²) in [6, 6.07) is 13.3. The number of rotatable bonds is 1. The quantitative estimate of drug-likeness (QED) is 0.670. The molecule has 0 N–H and O–H groups in total. The Bertz CT molecular complexity index is 529. The van der Waals surface area contributed by atoms with E-state index >= 15 is 0 Å². The lowest BCUT2D eigenvalue weighted by Gasteiger charge is -2.09. The molecule has 0 aromatic heterocycles. The van der Waals surface area contributed by atoms with Crippen LogP contribution in [-0.2, 0) is 12.8 Å². The molecule has 0 heterocycles. The fraction of sp³-hybridized carbons (Fsp3) is 0.200. The van der Waals surface area contributed by atoms with Crippen LogP contribution in [0, 0.1) is 5.82 Å². The Labute approximate surface area is 94.7 Å². The molecular weight excluding hydrogens is 199 g/mol. The van der Waals surface area contributed by atoms with Crippen LogP contribution in [0.15, 0.2) is 42.5 Å². The van der Waals surface area contributed by atoms with Crippen LogP contribution in [-0.4, -0.2) is 0 Å². The van der Waals surface area contributed by atoms with Crippen LogP contribution in [0.3, 0.4) is 0 Å². The molecule has 0 unspecified atom stereocenters. The first kappa shape index (κ1) is 9.59. The second-order valence-corrected chi connectivity index (χ2v) is 4.28. The Kier molecular flexibility index (Phi) is 2.24. The molecule has 0 atom stereocenters. The third kappa shape index (κ3) is 1.44. The van der Waals surface area contributed by atoms with Gasteiger partial charge < -0.3 is 0 Å². The van der Waals surface area contributed by atoms with Gasteiger partial charge in [-0.05, 0) is 42.0 Å². The molecule has 1 heteroatoms. The molecule has 2 aromatic rings. The van der Waals surface area contributed by atoms with Crippen LogP contribution in [0.5, 0.6) is 0 Å². The fourth-order valence-corrected chi connectivity index (χ4v) is 2.55. The first-order valence-corrected chi connectivity index (χ1v) is 5.72. The van der Waals surface area contributed by atoms with Gasteiger partial charge in [-0.2, -0.15) is 0 Å². The molecule has 1 aliphatic rings. The third-order valence-electron chi connectivity index (χ3n) is 3.31. The van der Waals surface area contributed by atoms with Gasteiger partial charge in [-0.15, -0.1) is 0 Å². The lowest BCUT2D eigenvalue weighted by molar-refractivity contribution is 0.631. The zero-order valence-electron chi connectivity index (χ0n) is 9.04. The summed E-state index contributed by atoms with van der Waals surface area (Å²) in [6.45, 7) is 0. The van der Waals surface area contributed by atoms with Crippen LogP contribution in [0.4, 0.5) is 4.39 Å². The number of benzene rings is 2. The average Bonchev–Trinajstić information content (AvgIpc) is 2.77. The second kappa shape index (κ2) is 3.75. The van der Waals surface area contributed by atoms with E-state index in [0.29, 0.717) is 0 Å². The highest BCUT2D eigenvalue weighted by atomic mass is 19.1. The van der Waals surface area contributed by atoms with Crippen molar-refractivity contribution in [1.82, 2.24) is 0 Å². The van der Waals surface area contributed by atoms with Crippen molar-refractivity contribution in [3.05, 3.63) is 59.4 Å². The molecule has 0 radical (unpaired) electrons. The maximum absolute atomic E-state index is 13.7. The lowest BCUT2D eigenvalue weighted by Crippen LogP contribution is -1.90. The van der Waals surface area contributed by atoms with Gasteiger partial charge in [-0.25, -0.2) is 4.39 Å². The Hall–Kier alpha value is -1.63. The van der Waals surface area contributed by atoms with Gasteiger partial charge in [0.05, 0.1) is 0 Å². The van der Waals surface area contributed by atoms with E-state index in [1.807, 2.05) is 24.3 Å². The van der Waals surface area contributed by atoms with Gasteiger partial charge in [0.1, 0.15) is 5.82 Å². The molecule has 0 bridgehead atoms. The van der Waals surface area contributed by atoms with Crippen molar-refractivity contribution in [2.24, 2.45) is 0 Å². The van der Waals surface area contributed by atoms with Gasteiger partial charge in [0.25, 0.3) is 0 Å². The molecule has 80 valence electrons. The van der Waals surface area contributed by atoms with E-state index in [4.69, 9.17) is 0 Å². The predicted molar refractivity (Wildman–Crippen MR) is 63.9 cm³/mol. The summed E-state index contributed by atoms with van der Waals surface area (Å²) in [5.41, 5.74) is 4.54. The van der Waals surface area contributed by atoms with Crippen molar-refractivity contribution in [2.45, 2.75) is 19.3 Å². The molecule has 1 aliphatic carbocycles. The smallest absolute Gasteiger partial charge is 0.131 e. The van der Waals surface area contributed by atoms with Crippen LogP contribution in [0.1, 0.15) is 17.5 Å². The minimum atomic E-state index is -0.122. The van der Waals surface area contributed by atoms with Crippen molar-refractivity contribution >= 4 is 0 Å². The molecule has 0 saturated heterocycles. The predicted octanol–water partition coefficient (Wildman–Crippen LogP) is 3.98. The normalized spacial score (nSPS) is 13.8. The minimum absolute atomic E-state index is 0.122. The molecule has 0 aliphatic heterocycles. The van der Waals surface area contributed by atoms with Gasteiger partial charge >= 0.3 is 0 Å². The standard InChI is InChI=1S/C15H13F/c16-15-10-2-1-7-14(15)13-9-4-6-11-5-3-8-12(11)13/h1-2,4,6-7,9-10H,3,5,8H2. The highest BCUT2D eigenvalue weighted by Gasteiger charge is 2.16. The van der Waals surface area contributed by atoms with Gasteiger partial charge in [0.2, 0.25) is 0 Å². The third-order valence-corrected chi connectivity index (χ3v) is 3.31. The lowest BCUT2D eigenvalue weighted by atomic mass is 9.97. The summed E-state index contributed by atoms with van der Waals surface area (Å²) in [6.07, 6.45) is 3.41. The molecule has 0 amide bonds. The fourth-order valence-electron chi connectivity index (χ4n) is 2.55. The van der Waals surface area contributed by atoms with Crippen LogP contribution in [0.2, 0.25) is 0 Å². The van der Waals surface area contributed by atoms with Gasteiger partial charge in [0, 0.05) is 5.56 Å². The Balaban J connectivity index is 2.21. The van der Waals surface area contributed by atoms with Crippen LogP contribution >= 0.6 is 0 Å². The molecule has 0 spiro atoms. The van der Waals surface area contributed by atoms with Crippen molar-refractivity contribution in [3.63, 3.8) is 0 Å². The largest absolute Gasteiger partial charge is 0.206 e. The number of hydrogen-bond donors (Lipinski definition) is 0. The Morgan fingerprint density at radius 2 is 1.62 bits per heavy atom. The van der Waals surface area contributed by atoms with Crippen molar-refractivity contribution in [2.75, 3.05) is 0 Å².